The Kier molecular flexibility index (Phi) is 7.13. The number of likely N-dealkylation sites (tertiary alicyclic amines) is 1. The highest BCUT2D eigenvalue weighted by Gasteiger charge is 2.24. The van der Waals surface area contributed by atoms with E-state index in [-0.39, 0.29) is 6.03 Å². The number of hydrogen-bond acceptors (Lipinski definition) is 5. The predicted molar refractivity (Wildman–Crippen MR) is 131 cm³/mol. The molecule has 0 saturated carbocycles. The molecular formula is C25H34N6O2. The molecule has 33 heavy (non-hydrogen) atoms. The summed E-state index contributed by atoms with van der Waals surface area (Å²) >= 11 is 0. The Hall–Kier alpha value is -3.13. The van der Waals surface area contributed by atoms with Crippen LogP contribution in [0.1, 0.15) is 43.3 Å². The Balaban J connectivity index is 1.41. The zero-order valence-corrected chi connectivity index (χ0v) is 19.8. The number of nitrogens with two attached hydrogens (primary N) is 1. The van der Waals surface area contributed by atoms with Crippen molar-refractivity contribution in [1.82, 2.24) is 19.4 Å². The molecular weight excluding hydrogens is 416 g/mol. The number of carbonyl (C=O) groups excluding carboxylic acids is 1. The standard InChI is InChI=1S/C25H34N6O2/c1-4-33-16-21-29-22-23(17(2)18(3)27-24(22)26)31(21)15-12-19-10-13-30(14-11-19)25(32)28-20-8-6-5-7-9-20/h5-9,19H,4,10-16H2,1-3H3,(H2,26,27)(H,28,32). The number of nitrogens with one attached hydrogen (secondary N) is 1. The van der Waals surface area contributed by atoms with Crippen LogP contribution in [-0.4, -0.2) is 45.2 Å². The van der Waals surface area contributed by atoms with E-state index in [9.17, 15) is 4.79 Å². The van der Waals surface area contributed by atoms with Gasteiger partial charge in [-0.25, -0.2) is 14.8 Å². The maximum atomic E-state index is 12.6. The maximum absolute atomic E-state index is 12.6. The lowest BCUT2D eigenvalue weighted by atomic mass is 9.93. The molecule has 0 radical (unpaired) electrons. The number of urea groups is 1. The number of rotatable bonds is 7. The minimum absolute atomic E-state index is 0.0201. The van der Waals surface area contributed by atoms with Crippen LogP contribution in [0.25, 0.3) is 11.0 Å². The molecule has 8 heteroatoms. The monoisotopic (exact) mass is 450 g/mol. The first-order chi connectivity index (χ1) is 16.0. The Bertz CT molecular complexity index is 1100. The quantitative estimate of drug-likeness (QED) is 0.552. The molecule has 1 aliphatic heterocycles. The first-order valence-corrected chi connectivity index (χ1v) is 11.8. The van der Waals surface area contributed by atoms with Gasteiger partial charge >= 0.3 is 6.03 Å². The summed E-state index contributed by atoms with van der Waals surface area (Å²) in [5.41, 5.74) is 10.9. The summed E-state index contributed by atoms with van der Waals surface area (Å²) in [7, 11) is 0. The Morgan fingerprint density at radius 3 is 2.61 bits per heavy atom. The minimum atomic E-state index is -0.0201. The molecule has 176 valence electrons. The average Bonchev–Trinajstić information content (AvgIpc) is 3.20. The van der Waals surface area contributed by atoms with Crippen LogP contribution in [0.5, 0.6) is 0 Å². The van der Waals surface area contributed by atoms with Crippen LogP contribution in [0.2, 0.25) is 0 Å². The van der Waals surface area contributed by atoms with Gasteiger partial charge in [0.1, 0.15) is 17.9 Å². The van der Waals surface area contributed by atoms with Crippen molar-refractivity contribution in [1.29, 1.82) is 0 Å². The fourth-order valence-corrected chi connectivity index (χ4v) is 4.55. The van der Waals surface area contributed by atoms with E-state index in [0.717, 1.165) is 72.7 Å². The van der Waals surface area contributed by atoms with Gasteiger partial charge in [0.25, 0.3) is 0 Å². The average molecular weight is 451 g/mol. The summed E-state index contributed by atoms with van der Waals surface area (Å²) < 4.78 is 7.95. The number of hydrogen-bond donors (Lipinski definition) is 2. The van der Waals surface area contributed by atoms with Crippen molar-refractivity contribution in [3.63, 3.8) is 0 Å². The van der Waals surface area contributed by atoms with Crippen LogP contribution in [0.4, 0.5) is 16.3 Å². The zero-order chi connectivity index (χ0) is 23.4. The molecule has 0 bridgehead atoms. The first kappa shape index (κ1) is 23.0. The summed E-state index contributed by atoms with van der Waals surface area (Å²) in [6, 6.07) is 9.59. The molecule has 0 atom stereocenters. The Labute approximate surface area is 195 Å². The van der Waals surface area contributed by atoms with Gasteiger partial charge in [-0.05, 0) is 63.6 Å². The van der Waals surface area contributed by atoms with Crippen molar-refractivity contribution in [3.05, 3.63) is 47.4 Å². The number of ether oxygens (including phenoxy) is 1. The maximum Gasteiger partial charge on any atom is 0.321 e. The molecule has 1 aliphatic rings. The summed E-state index contributed by atoms with van der Waals surface area (Å²) in [4.78, 5) is 23.7. The lowest BCUT2D eigenvalue weighted by molar-refractivity contribution is 0.125. The van der Waals surface area contributed by atoms with Crippen LogP contribution >= 0.6 is 0 Å². The largest absolute Gasteiger partial charge is 0.382 e. The first-order valence-electron chi connectivity index (χ1n) is 11.8. The molecule has 3 heterocycles. The van der Waals surface area contributed by atoms with Crippen LogP contribution in [0.3, 0.4) is 0 Å². The van der Waals surface area contributed by atoms with Gasteiger partial charge in [-0.2, -0.15) is 0 Å². The number of aromatic nitrogens is 3. The second kappa shape index (κ2) is 10.2. The van der Waals surface area contributed by atoms with E-state index in [1.165, 1.54) is 0 Å². The molecule has 3 N–H and O–H groups in total. The fraction of sp³-hybridized carbons (Fsp3) is 0.480. The number of benzene rings is 1. The number of fused-ring (bicyclic) bond motifs is 1. The molecule has 2 amide bonds. The second-order valence-electron chi connectivity index (χ2n) is 8.74. The van der Waals surface area contributed by atoms with Crippen molar-refractivity contribution < 1.29 is 9.53 Å². The van der Waals surface area contributed by atoms with E-state index in [4.69, 9.17) is 15.5 Å². The molecule has 0 spiro atoms. The highest BCUT2D eigenvalue weighted by Crippen LogP contribution is 2.29. The minimum Gasteiger partial charge on any atom is -0.382 e. The van der Waals surface area contributed by atoms with E-state index in [2.05, 4.69) is 21.8 Å². The lowest BCUT2D eigenvalue weighted by Crippen LogP contribution is -2.41. The third-order valence-corrected chi connectivity index (χ3v) is 6.60. The lowest BCUT2D eigenvalue weighted by Gasteiger charge is -2.32. The number of nitrogen functional groups attached to an aromatic ring is 1. The van der Waals surface area contributed by atoms with Gasteiger partial charge in [0.15, 0.2) is 5.82 Å². The van der Waals surface area contributed by atoms with E-state index in [1.54, 1.807) is 0 Å². The van der Waals surface area contributed by atoms with Crippen molar-refractivity contribution in [3.8, 4) is 0 Å². The number of aryl methyl sites for hydroxylation is 3. The van der Waals surface area contributed by atoms with Crippen LogP contribution in [-0.2, 0) is 17.9 Å². The topological polar surface area (TPSA) is 98.3 Å². The molecule has 4 rings (SSSR count). The number of carbonyl (C=O) groups is 1. The number of anilines is 2. The highest BCUT2D eigenvalue weighted by molar-refractivity contribution is 5.89. The highest BCUT2D eigenvalue weighted by atomic mass is 16.5. The van der Waals surface area contributed by atoms with Gasteiger partial charge in [-0.3, -0.25) is 0 Å². The van der Waals surface area contributed by atoms with Crippen molar-refractivity contribution in [2.75, 3.05) is 30.7 Å². The van der Waals surface area contributed by atoms with E-state index < -0.39 is 0 Å². The number of pyridine rings is 1. The van der Waals surface area contributed by atoms with Gasteiger partial charge in [-0.15, -0.1) is 0 Å². The summed E-state index contributed by atoms with van der Waals surface area (Å²) in [5.74, 6) is 1.93. The zero-order valence-electron chi connectivity index (χ0n) is 19.8. The molecule has 1 fully saturated rings. The van der Waals surface area contributed by atoms with E-state index >= 15 is 0 Å². The third-order valence-electron chi connectivity index (χ3n) is 6.60. The number of imidazole rings is 1. The number of nitrogens with zero attached hydrogens (tertiary/aromatic N) is 4. The Morgan fingerprint density at radius 1 is 1.18 bits per heavy atom. The van der Waals surface area contributed by atoms with Crippen LogP contribution in [0, 0.1) is 19.8 Å². The molecule has 3 aromatic rings. The summed E-state index contributed by atoms with van der Waals surface area (Å²) in [6.45, 7) is 9.55. The van der Waals surface area contributed by atoms with Gasteiger partial charge in [0.05, 0.1) is 5.52 Å². The number of piperidine rings is 1. The van der Waals surface area contributed by atoms with Crippen molar-refractivity contribution >= 4 is 28.6 Å². The molecule has 2 aromatic heterocycles. The smallest absolute Gasteiger partial charge is 0.321 e. The normalized spacial score (nSPS) is 14.7. The third kappa shape index (κ3) is 5.11. The van der Waals surface area contributed by atoms with E-state index in [1.807, 2.05) is 49.1 Å². The van der Waals surface area contributed by atoms with Gasteiger partial charge in [0, 0.05) is 37.6 Å². The second-order valence-corrected chi connectivity index (χ2v) is 8.74. The SMILES string of the molecule is CCOCc1nc2c(N)nc(C)c(C)c2n1CCC1CCN(C(=O)Nc2ccccc2)CC1. The predicted octanol–water partition coefficient (Wildman–Crippen LogP) is 4.50. The molecule has 0 unspecified atom stereocenters. The van der Waals surface area contributed by atoms with Crippen molar-refractivity contribution in [2.24, 2.45) is 5.92 Å². The van der Waals surface area contributed by atoms with Gasteiger partial charge in [0.2, 0.25) is 0 Å². The van der Waals surface area contributed by atoms with Gasteiger partial charge < -0.3 is 25.3 Å². The van der Waals surface area contributed by atoms with Gasteiger partial charge in [-0.1, -0.05) is 18.2 Å². The van der Waals surface area contributed by atoms with Crippen LogP contribution in [0.15, 0.2) is 30.3 Å². The summed E-state index contributed by atoms with van der Waals surface area (Å²) in [5, 5.41) is 2.99. The van der Waals surface area contributed by atoms with Crippen molar-refractivity contribution in [2.45, 2.75) is 53.2 Å². The molecule has 8 nitrogen and oxygen atoms in total. The molecule has 1 saturated heterocycles. The molecule has 0 aliphatic carbocycles. The van der Waals surface area contributed by atoms with Crippen LogP contribution < -0.4 is 11.1 Å². The number of amides is 2. The fourth-order valence-electron chi connectivity index (χ4n) is 4.55. The molecule has 1 aromatic carbocycles. The Morgan fingerprint density at radius 2 is 1.91 bits per heavy atom. The number of para-hydroxylation sites is 1. The summed E-state index contributed by atoms with van der Waals surface area (Å²) in [6.07, 6.45) is 3.02. The van der Waals surface area contributed by atoms with E-state index in [0.29, 0.717) is 24.9 Å².